The van der Waals surface area contributed by atoms with Gasteiger partial charge in [-0.3, -0.25) is 4.79 Å². The number of thioether (sulfide) groups is 1. The minimum atomic E-state index is -0.532. The van der Waals surface area contributed by atoms with Crippen LogP contribution in [0.25, 0.3) is 0 Å². The first-order valence-corrected chi connectivity index (χ1v) is 10.3. The molecule has 2 N–H and O–H groups in total. The highest BCUT2D eigenvalue weighted by Gasteiger charge is 2.36. The number of nitrogens with zero attached hydrogens (tertiary/aromatic N) is 1. The number of methoxy groups -OCH3 is 1. The number of fused-ring (bicyclic) bond motifs is 1. The van der Waals surface area contributed by atoms with Crippen molar-refractivity contribution in [2.45, 2.75) is 44.7 Å². The number of ether oxygens (including phenoxy) is 1. The number of esters is 1. The van der Waals surface area contributed by atoms with Gasteiger partial charge in [0.15, 0.2) is 5.16 Å². The van der Waals surface area contributed by atoms with Crippen LogP contribution in [0, 0.1) is 6.92 Å². The van der Waals surface area contributed by atoms with Crippen molar-refractivity contribution in [2.75, 3.05) is 18.2 Å². The number of allylic oxidation sites excluding steroid dienone is 1. The summed E-state index contributed by atoms with van der Waals surface area (Å²) >= 11 is 1.53. The summed E-state index contributed by atoms with van der Waals surface area (Å²) in [7, 11) is 1.35. The number of carbonyl (C=O) groups excluding carboxylic acids is 1. The van der Waals surface area contributed by atoms with Crippen molar-refractivity contribution in [3.8, 4) is 0 Å². The molecule has 3 rings (SSSR count). The second kappa shape index (κ2) is 8.65. The molecule has 1 atom stereocenters. The third kappa shape index (κ3) is 3.99. The average molecular weight is 400 g/mol. The standard InChI is InChI=1S/C21H25N3O3S/c1-5-6-11-28-21-23-18-17(19(25)24-21)16(14-9-7-12(2)8-10-14)15(13(3)22-18)20(26)27-4/h7-10,16H,5-6,11H2,1-4H3,(H2,22,23,24,25)/t16-/m0/s1. The molecule has 0 bridgehead atoms. The zero-order valence-electron chi connectivity index (χ0n) is 16.6. The molecular weight excluding hydrogens is 374 g/mol. The highest BCUT2D eigenvalue weighted by atomic mass is 32.2. The van der Waals surface area contributed by atoms with Crippen LogP contribution in [-0.2, 0) is 9.53 Å². The van der Waals surface area contributed by atoms with Crippen LogP contribution in [0.2, 0.25) is 0 Å². The van der Waals surface area contributed by atoms with Crippen molar-refractivity contribution in [3.05, 3.63) is 62.6 Å². The van der Waals surface area contributed by atoms with Gasteiger partial charge in [0, 0.05) is 11.4 Å². The minimum Gasteiger partial charge on any atom is -0.466 e. The van der Waals surface area contributed by atoms with Crippen LogP contribution in [-0.4, -0.2) is 28.8 Å². The van der Waals surface area contributed by atoms with Gasteiger partial charge in [-0.05, 0) is 25.8 Å². The van der Waals surface area contributed by atoms with E-state index in [0.717, 1.165) is 29.7 Å². The van der Waals surface area contributed by atoms with E-state index in [2.05, 4.69) is 22.2 Å². The van der Waals surface area contributed by atoms with Gasteiger partial charge in [0.05, 0.1) is 24.2 Å². The molecule has 0 fully saturated rings. The number of aromatic amines is 1. The summed E-state index contributed by atoms with van der Waals surface area (Å²) in [6.07, 6.45) is 2.14. The maximum atomic E-state index is 13.0. The average Bonchev–Trinajstić information content (AvgIpc) is 2.67. The zero-order valence-corrected chi connectivity index (χ0v) is 17.4. The summed E-state index contributed by atoms with van der Waals surface area (Å²) in [6, 6.07) is 7.82. The monoisotopic (exact) mass is 399 g/mol. The Morgan fingerprint density at radius 1 is 1.25 bits per heavy atom. The van der Waals surface area contributed by atoms with E-state index in [1.165, 1.54) is 18.9 Å². The third-order valence-corrected chi connectivity index (χ3v) is 5.73. The Kier molecular flexibility index (Phi) is 6.24. The molecule has 0 radical (unpaired) electrons. The Morgan fingerprint density at radius 2 is 1.96 bits per heavy atom. The molecule has 1 aromatic carbocycles. The zero-order chi connectivity index (χ0) is 20.3. The SMILES string of the molecule is CCCCSc1nc2c(c(=O)[nH]1)[C@@H](c1ccc(C)cc1)C(C(=O)OC)=C(C)N2. The Bertz CT molecular complexity index is 964. The van der Waals surface area contributed by atoms with Crippen molar-refractivity contribution >= 4 is 23.5 Å². The Balaban J connectivity index is 2.13. The first kappa shape index (κ1) is 20.2. The minimum absolute atomic E-state index is 0.240. The maximum absolute atomic E-state index is 13.0. The molecule has 2 aromatic rings. The molecule has 2 heterocycles. The van der Waals surface area contributed by atoms with Crippen LogP contribution < -0.4 is 10.9 Å². The van der Waals surface area contributed by atoms with Crippen LogP contribution in [0.15, 0.2) is 45.5 Å². The van der Waals surface area contributed by atoms with Gasteiger partial charge in [-0.15, -0.1) is 0 Å². The second-order valence-corrected chi connectivity index (χ2v) is 7.92. The fourth-order valence-corrected chi connectivity index (χ4v) is 4.23. The van der Waals surface area contributed by atoms with E-state index in [9.17, 15) is 9.59 Å². The second-order valence-electron chi connectivity index (χ2n) is 6.83. The molecule has 6 nitrogen and oxygen atoms in total. The van der Waals surface area contributed by atoms with Crippen LogP contribution in [0.1, 0.15) is 49.3 Å². The molecule has 1 aliphatic heterocycles. The summed E-state index contributed by atoms with van der Waals surface area (Å²) in [5, 5.41) is 3.73. The van der Waals surface area contributed by atoms with E-state index in [1.807, 2.05) is 38.1 Å². The largest absolute Gasteiger partial charge is 0.466 e. The number of nitrogens with one attached hydrogen (secondary N) is 2. The number of carbonyl (C=O) groups is 1. The normalized spacial score (nSPS) is 15.8. The lowest BCUT2D eigenvalue weighted by Crippen LogP contribution is -2.31. The summed E-state index contributed by atoms with van der Waals surface area (Å²) in [6.45, 7) is 5.93. The fraction of sp³-hybridized carbons (Fsp3) is 0.381. The molecule has 148 valence electrons. The molecule has 0 saturated heterocycles. The van der Waals surface area contributed by atoms with Gasteiger partial charge in [0.2, 0.25) is 0 Å². The lowest BCUT2D eigenvalue weighted by molar-refractivity contribution is -0.136. The molecular formula is C21H25N3O3S. The number of hydrogen-bond donors (Lipinski definition) is 2. The van der Waals surface area contributed by atoms with E-state index in [4.69, 9.17) is 4.74 Å². The van der Waals surface area contributed by atoms with Crippen LogP contribution >= 0.6 is 11.8 Å². The fourth-order valence-electron chi connectivity index (χ4n) is 3.29. The van der Waals surface area contributed by atoms with Gasteiger partial charge in [-0.1, -0.05) is 54.9 Å². The van der Waals surface area contributed by atoms with Crippen molar-refractivity contribution in [2.24, 2.45) is 0 Å². The van der Waals surface area contributed by atoms with E-state index in [1.54, 1.807) is 0 Å². The van der Waals surface area contributed by atoms with Crippen LogP contribution in [0.3, 0.4) is 0 Å². The molecule has 0 unspecified atom stereocenters. The summed E-state index contributed by atoms with van der Waals surface area (Å²) in [5.41, 5.74) is 3.23. The van der Waals surface area contributed by atoms with Gasteiger partial charge in [-0.2, -0.15) is 0 Å². The third-order valence-electron chi connectivity index (χ3n) is 4.77. The van der Waals surface area contributed by atoms with Gasteiger partial charge in [0.1, 0.15) is 5.82 Å². The predicted octanol–water partition coefficient (Wildman–Crippen LogP) is 3.97. The lowest BCUT2D eigenvalue weighted by atomic mass is 9.82. The first-order valence-electron chi connectivity index (χ1n) is 9.36. The molecule has 1 aliphatic rings. The topological polar surface area (TPSA) is 84.1 Å². The van der Waals surface area contributed by atoms with E-state index in [0.29, 0.717) is 27.8 Å². The number of aromatic nitrogens is 2. The number of hydrogen-bond acceptors (Lipinski definition) is 6. The molecule has 0 saturated carbocycles. The number of anilines is 1. The number of unbranched alkanes of at least 4 members (excludes halogenated alkanes) is 1. The predicted molar refractivity (Wildman–Crippen MR) is 112 cm³/mol. The Hall–Kier alpha value is -2.54. The quantitative estimate of drug-likeness (QED) is 0.331. The smallest absolute Gasteiger partial charge is 0.336 e. The van der Waals surface area contributed by atoms with Crippen LogP contribution in [0.4, 0.5) is 5.82 Å². The Labute approximate surface area is 168 Å². The van der Waals surface area contributed by atoms with Gasteiger partial charge in [-0.25, -0.2) is 9.78 Å². The molecule has 0 aliphatic carbocycles. The molecule has 28 heavy (non-hydrogen) atoms. The van der Waals surface area contributed by atoms with E-state index < -0.39 is 11.9 Å². The number of benzene rings is 1. The lowest BCUT2D eigenvalue weighted by Gasteiger charge is -2.28. The van der Waals surface area contributed by atoms with Crippen molar-refractivity contribution in [1.29, 1.82) is 0 Å². The summed E-state index contributed by atoms with van der Waals surface area (Å²) in [5.74, 6) is 0.401. The number of rotatable bonds is 6. The van der Waals surface area contributed by atoms with E-state index >= 15 is 0 Å². The van der Waals surface area contributed by atoms with Crippen molar-refractivity contribution in [3.63, 3.8) is 0 Å². The van der Waals surface area contributed by atoms with E-state index in [-0.39, 0.29) is 5.56 Å². The molecule has 1 aromatic heterocycles. The highest BCUT2D eigenvalue weighted by Crippen LogP contribution is 2.40. The number of aryl methyl sites for hydroxylation is 1. The van der Waals surface area contributed by atoms with Crippen molar-refractivity contribution in [1.82, 2.24) is 9.97 Å². The molecule has 7 heteroatoms. The molecule has 0 amide bonds. The van der Waals surface area contributed by atoms with Gasteiger partial charge < -0.3 is 15.0 Å². The molecule has 0 spiro atoms. The summed E-state index contributed by atoms with van der Waals surface area (Å²) < 4.78 is 5.01. The maximum Gasteiger partial charge on any atom is 0.336 e. The summed E-state index contributed by atoms with van der Waals surface area (Å²) in [4.78, 5) is 33.0. The number of H-pyrrole nitrogens is 1. The highest BCUT2D eigenvalue weighted by molar-refractivity contribution is 7.99. The van der Waals surface area contributed by atoms with Gasteiger partial charge in [0.25, 0.3) is 5.56 Å². The Morgan fingerprint density at radius 3 is 2.61 bits per heavy atom. The first-order chi connectivity index (χ1) is 13.5. The van der Waals surface area contributed by atoms with Gasteiger partial charge >= 0.3 is 5.97 Å². The van der Waals surface area contributed by atoms with Crippen LogP contribution in [0.5, 0.6) is 0 Å². The van der Waals surface area contributed by atoms with Crippen molar-refractivity contribution < 1.29 is 9.53 Å².